The standard InChI is InChI=1S/C16H21N5O2/c1-11-6-8-17-10-14(11)18-15(22)7-9-21-16(23)12-4-2-3-5-13(12)19-20-21/h2-5,11,14,17H,6-10H2,1H3,(H,18,22). The molecular formula is C16H21N5O2. The lowest BCUT2D eigenvalue weighted by atomic mass is 9.95. The number of nitrogens with one attached hydrogen (secondary N) is 2. The molecule has 2 heterocycles. The van der Waals surface area contributed by atoms with E-state index in [-0.39, 0.29) is 30.5 Å². The van der Waals surface area contributed by atoms with E-state index >= 15 is 0 Å². The molecule has 23 heavy (non-hydrogen) atoms. The van der Waals surface area contributed by atoms with Crippen LogP contribution >= 0.6 is 0 Å². The van der Waals surface area contributed by atoms with Crippen LogP contribution in [-0.4, -0.2) is 40.0 Å². The lowest BCUT2D eigenvalue weighted by Crippen LogP contribution is -2.50. The topological polar surface area (TPSA) is 88.9 Å². The summed E-state index contributed by atoms with van der Waals surface area (Å²) in [5.41, 5.74) is 0.358. The lowest BCUT2D eigenvalue weighted by Gasteiger charge is -2.30. The van der Waals surface area contributed by atoms with Crippen molar-refractivity contribution in [2.75, 3.05) is 13.1 Å². The van der Waals surface area contributed by atoms with Gasteiger partial charge in [0, 0.05) is 19.0 Å². The molecule has 7 heteroatoms. The first-order valence-corrected chi connectivity index (χ1v) is 7.98. The first kappa shape index (κ1) is 15.6. The number of carbonyl (C=O) groups excluding carboxylic acids is 1. The molecule has 3 rings (SSSR count). The Bertz CT molecular complexity index is 757. The summed E-state index contributed by atoms with van der Waals surface area (Å²) in [6, 6.07) is 7.22. The summed E-state index contributed by atoms with van der Waals surface area (Å²) in [4.78, 5) is 24.4. The molecule has 7 nitrogen and oxygen atoms in total. The predicted molar refractivity (Wildman–Crippen MR) is 87.0 cm³/mol. The van der Waals surface area contributed by atoms with Crippen LogP contribution in [0.3, 0.4) is 0 Å². The predicted octanol–water partition coefficient (Wildman–Crippen LogP) is 0.296. The number of rotatable bonds is 4. The average Bonchev–Trinajstić information content (AvgIpc) is 2.57. The number of amides is 1. The van der Waals surface area contributed by atoms with E-state index in [1.165, 1.54) is 4.68 Å². The number of fused-ring (bicyclic) bond motifs is 1. The largest absolute Gasteiger partial charge is 0.352 e. The zero-order chi connectivity index (χ0) is 16.2. The molecule has 1 aliphatic heterocycles. The van der Waals surface area contributed by atoms with E-state index in [1.54, 1.807) is 18.2 Å². The van der Waals surface area contributed by atoms with Gasteiger partial charge < -0.3 is 10.6 Å². The number of benzene rings is 1. The van der Waals surface area contributed by atoms with Crippen molar-refractivity contribution in [1.82, 2.24) is 25.6 Å². The molecular weight excluding hydrogens is 294 g/mol. The highest BCUT2D eigenvalue weighted by molar-refractivity contribution is 5.77. The summed E-state index contributed by atoms with van der Waals surface area (Å²) >= 11 is 0. The van der Waals surface area contributed by atoms with Crippen molar-refractivity contribution in [1.29, 1.82) is 0 Å². The van der Waals surface area contributed by atoms with Crippen LogP contribution in [0.15, 0.2) is 29.1 Å². The minimum atomic E-state index is -0.212. The van der Waals surface area contributed by atoms with Gasteiger partial charge in [0.05, 0.1) is 11.9 Å². The maximum Gasteiger partial charge on any atom is 0.277 e. The molecule has 0 saturated carbocycles. The van der Waals surface area contributed by atoms with Crippen LogP contribution in [0.5, 0.6) is 0 Å². The number of nitrogens with zero attached hydrogens (tertiary/aromatic N) is 3. The van der Waals surface area contributed by atoms with Gasteiger partial charge >= 0.3 is 0 Å². The molecule has 2 aromatic rings. The molecule has 0 bridgehead atoms. The molecule has 2 unspecified atom stereocenters. The Morgan fingerprint density at radius 2 is 2.26 bits per heavy atom. The first-order chi connectivity index (χ1) is 11.1. The number of aryl methyl sites for hydroxylation is 1. The Hall–Kier alpha value is -2.28. The molecule has 0 spiro atoms. The van der Waals surface area contributed by atoms with Gasteiger partial charge in [0.25, 0.3) is 5.56 Å². The summed E-state index contributed by atoms with van der Waals surface area (Å²) in [7, 11) is 0. The minimum absolute atomic E-state index is 0.0626. The van der Waals surface area contributed by atoms with E-state index in [0.717, 1.165) is 19.5 Å². The van der Waals surface area contributed by atoms with Crippen molar-refractivity contribution in [3.8, 4) is 0 Å². The Labute approximate surface area is 134 Å². The normalized spacial score (nSPS) is 21.3. The second kappa shape index (κ2) is 6.87. The highest BCUT2D eigenvalue weighted by Gasteiger charge is 2.22. The third-order valence-electron chi connectivity index (χ3n) is 4.35. The van der Waals surface area contributed by atoms with Crippen molar-refractivity contribution in [3.05, 3.63) is 34.6 Å². The van der Waals surface area contributed by atoms with Crippen molar-refractivity contribution >= 4 is 16.8 Å². The van der Waals surface area contributed by atoms with Gasteiger partial charge in [-0.1, -0.05) is 24.3 Å². The molecule has 1 aromatic carbocycles. The second-order valence-electron chi connectivity index (χ2n) is 6.03. The smallest absolute Gasteiger partial charge is 0.277 e. The Balaban J connectivity index is 1.63. The lowest BCUT2D eigenvalue weighted by molar-refractivity contribution is -0.122. The van der Waals surface area contributed by atoms with E-state index in [4.69, 9.17) is 0 Å². The van der Waals surface area contributed by atoms with E-state index in [1.807, 2.05) is 6.07 Å². The van der Waals surface area contributed by atoms with Crippen molar-refractivity contribution < 1.29 is 4.79 Å². The van der Waals surface area contributed by atoms with Crippen molar-refractivity contribution in [2.45, 2.75) is 32.4 Å². The van der Waals surface area contributed by atoms with Crippen LogP contribution < -0.4 is 16.2 Å². The molecule has 1 amide bonds. The Morgan fingerprint density at radius 3 is 3.09 bits per heavy atom. The fourth-order valence-corrected chi connectivity index (χ4v) is 2.84. The molecule has 0 aliphatic carbocycles. The third kappa shape index (κ3) is 3.56. The number of aromatic nitrogens is 3. The van der Waals surface area contributed by atoms with Gasteiger partial charge in [0.15, 0.2) is 0 Å². The molecule has 1 saturated heterocycles. The van der Waals surface area contributed by atoms with Crippen molar-refractivity contribution in [3.63, 3.8) is 0 Å². The van der Waals surface area contributed by atoms with Gasteiger partial charge in [-0.05, 0) is 31.0 Å². The molecule has 0 radical (unpaired) electrons. The fourth-order valence-electron chi connectivity index (χ4n) is 2.84. The number of piperidine rings is 1. The monoisotopic (exact) mass is 315 g/mol. The van der Waals surface area contributed by atoms with Crippen LogP contribution in [0.2, 0.25) is 0 Å². The van der Waals surface area contributed by atoms with Gasteiger partial charge in [-0.3, -0.25) is 9.59 Å². The summed E-state index contributed by atoms with van der Waals surface area (Å²) in [5.74, 6) is 0.399. The van der Waals surface area contributed by atoms with Crippen LogP contribution in [0.4, 0.5) is 0 Å². The summed E-state index contributed by atoms with van der Waals surface area (Å²) < 4.78 is 1.25. The van der Waals surface area contributed by atoms with E-state index in [0.29, 0.717) is 16.8 Å². The van der Waals surface area contributed by atoms with Gasteiger partial charge in [-0.15, -0.1) is 5.10 Å². The van der Waals surface area contributed by atoms with E-state index < -0.39 is 0 Å². The molecule has 1 aliphatic rings. The van der Waals surface area contributed by atoms with Gasteiger partial charge in [0.1, 0.15) is 5.52 Å². The average molecular weight is 315 g/mol. The highest BCUT2D eigenvalue weighted by Crippen LogP contribution is 2.11. The number of hydrogen-bond acceptors (Lipinski definition) is 5. The Kier molecular flexibility index (Phi) is 4.66. The molecule has 2 atom stereocenters. The molecule has 1 aromatic heterocycles. The fraction of sp³-hybridized carbons (Fsp3) is 0.500. The molecule has 1 fully saturated rings. The third-order valence-corrected chi connectivity index (χ3v) is 4.35. The zero-order valence-corrected chi connectivity index (χ0v) is 13.2. The van der Waals surface area contributed by atoms with Crippen LogP contribution in [0, 0.1) is 5.92 Å². The second-order valence-corrected chi connectivity index (χ2v) is 6.03. The summed E-state index contributed by atoms with van der Waals surface area (Å²) in [5, 5.41) is 14.8. The Morgan fingerprint density at radius 1 is 1.43 bits per heavy atom. The minimum Gasteiger partial charge on any atom is -0.352 e. The van der Waals surface area contributed by atoms with Crippen LogP contribution in [0.1, 0.15) is 19.8 Å². The number of carbonyl (C=O) groups is 1. The zero-order valence-electron chi connectivity index (χ0n) is 13.2. The maximum atomic E-state index is 12.3. The van der Waals surface area contributed by atoms with Gasteiger partial charge in [0.2, 0.25) is 5.91 Å². The summed E-state index contributed by atoms with van der Waals surface area (Å²) in [6.45, 7) is 4.17. The van der Waals surface area contributed by atoms with E-state index in [9.17, 15) is 9.59 Å². The van der Waals surface area contributed by atoms with E-state index in [2.05, 4.69) is 27.9 Å². The molecule has 122 valence electrons. The van der Waals surface area contributed by atoms with Crippen LogP contribution in [-0.2, 0) is 11.3 Å². The highest BCUT2D eigenvalue weighted by atomic mass is 16.2. The summed E-state index contributed by atoms with van der Waals surface area (Å²) in [6.07, 6.45) is 1.27. The first-order valence-electron chi connectivity index (χ1n) is 7.98. The molecule has 2 N–H and O–H groups in total. The quantitative estimate of drug-likeness (QED) is 0.847. The van der Waals surface area contributed by atoms with Gasteiger partial charge in [-0.2, -0.15) is 0 Å². The maximum absolute atomic E-state index is 12.3. The number of hydrogen-bond donors (Lipinski definition) is 2. The SMILES string of the molecule is CC1CCNCC1NC(=O)CCn1nnc2ccccc2c1=O. The van der Waals surface area contributed by atoms with Crippen LogP contribution in [0.25, 0.3) is 10.9 Å². The van der Waals surface area contributed by atoms with Gasteiger partial charge in [-0.25, -0.2) is 4.68 Å². The van der Waals surface area contributed by atoms with Crippen molar-refractivity contribution in [2.24, 2.45) is 5.92 Å².